The number of fused-ring (bicyclic) bond motifs is 1. The van der Waals surface area contributed by atoms with Crippen molar-refractivity contribution in [2.75, 3.05) is 20.0 Å². The molecule has 1 aliphatic heterocycles. The van der Waals surface area contributed by atoms with Gasteiger partial charge in [0.15, 0.2) is 0 Å². The summed E-state index contributed by atoms with van der Waals surface area (Å²) in [6, 6.07) is 5.05. The molecule has 33 heavy (non-hydrogen) atoms. The molecule has 0 aliphatic carbocycles. The molecule has 3 rings (SSSR count). The zero-order valence-electron chi connectivity index (χ0n) is 18.4. The van der Waals surface area contributed by atoms with Crippen LogP contribution in [0.3, 0.4) is 0 Å². The van der Waals surface area contributed by atoms with Gasteiger partial charge >= 0.3 is 17.9 Å². The van der Waals surface area contributed by atoms with E-state index < -0.39 is 48.3 Å². The van der Waals surface area contributed by atoms with Gasteiger partial charge in [-0.3, -0.25) is 14.5 Å². The number of nitrogens with two attached hydrogens (primary N) is 1. The number of amides is 2. The van der Waals surface area contributed by atoms with Crippen molar-refractivity contribution in [3.63, 3.8) is 0 Å². The maximum absolute atomic E-state index is 13.1. The summed E-state index contributed by atoms with van der Waals surface area (Å²) in [5.41, 5.74) is 6.19. The quantitative estimate of drug-likeness (QED) is 0.363. The molecule has 174 valence electrons. The van der Waals surface area contributed by atoms with E-state index in [0.717, 1.165) is 30.5 Å². The van der Waals surface area contributed by atoms with Crippen molar-refractivity contribution in [3.8, 4) is 0 Å². The Hall–Kier alpha value is -3.73. The van der Waals surface area contributed by atoms with E-state index in [2.05, 4.69) is 0 Å². The summed E-state index contributed by atoms with van der Waals surface area (Å²) < 4.78 is 14.8. The molecule has 1 aliphatic rings. The van der Waals surface area contributed by atoms with Crippen LogP contribution in [0.15, 0.2) is 24.3 Å². The molecule has 2 heterocycles. The Labute approximate surface area is 193 Å². The number of carbonyl (C=O) groups is 5. The first-order chi connectivity index (χ1) is 15.6. The smallest absolute Gasteiger partial charge is 0.348 e. The van der Waals surface area contributed by atoms with Crippen molar-refractivity contribution in [2.45, 2.75) is 26.5 Å². The minimum atomic E-state index is -1.23. The monoisotopic (exact) mass is 474 g/mol. The van der Waals surface area contributed by atoms with Gasteiger partial charge in [0, 0.05) is 5.56 Å². The number of imide groups is 1. The van der Waals surface area contributed by atoms with Crippen LogP contribution in [0.25, 0.3) is 0 Å². The first-order valence-corrected chi connectivity index (χ1v) is 10.7. The third-order valence-corrected chi connectivity index (χ3v) is 6.17. The first-order valence-electron chi connectivity index (χ1n) is 9.85. The average molecular weight is 474 g/mol. The maximum Gasteiger partial charge on any atom is 0.348 e. The molecule has 2 aromatic rings. The topological polar surface area (TPSA) is 142 Å². The summed E-state index contributed by atoms with van der Waals surface area (Å²) >= 11 is 0.794. The zero-order valence-corrected chi connectivity index (χ0v) is 19.2. The summed E-state index contributed by atoms with van der Waals surface area (Å²) in [4.78, 5) is 64.0. The molecule has 0 radical (unpaired) electrons. The Bertz CT molecular complexity index is 1120. The Morgan fingerprint density at radius 2 is 1.55 bits per heavy atom. The lowest BCUT2D eigenvalue weighted by molar-refractivity contribution is -0.151. The second kappa shape index (κ2) is 9.41. The van der Waals surface area contributed by atoms with Gasteiger partial charge in [-0.25, -0.2) is 14.4 Å². The number of nitrogens with zero attached hydrogens (tertiary/aromatic N) is 1. The molecule has 11 heteroatoms. The summed E-state index contributed by atoms with van der Waals surface area (Å²) in [5.74, 6) is -4.14. The zero-order chi connectivity index (χ0) is 24.4. The van der Waals surface area contributed by atoms with E-state index in [1.54, 1.807) is 26.0 Å². The Morgan fingerprint density at radius 1 is 1.00 bits per heavy atom. The van der Waals surface area contributed by atoms with Crippen LogP contribution in [0, 0.1) is 5.92 Å². The highest BCUT2D eigenvalue weighted by Gasteiger charge is 2.44. The SMILES string of the molecule is COC(=O)c1sc(N)c(C(=O)OC)c1COC(=O)C(C(C)C)N1C(=O)c2ccccc2C1=O. The highest BCUT2D eigenvalue weighted by molar-refractivity contribution is 7.18. The number of nitrogen functional groups attached to an aromatic ring is 1. The number of anilines is 1. The summed E-state index contributed by atoms with van der Waals surface area (Å²) in [6.07, 6.45) is 0. The number of carbonyl (C=O) groups excluding carboxylic acids is 5. The van der Waals surface area contributed by atoms with Gasteiger partial charge in [0.25, 0.3) is 11.8 Å². The molecule has 1 aromatic carbocycles. The maximum atomic E-state index is 13.1. The fraction of sp³-hybridized carbons (Fsp3) is 0.318. The molecule has 0 saturated carbocycles. The van der Waals surface area contributed by atoms with Gasteiger partial charge in [0.2, 0.25) is 0 Å². The van der Waals surface area contributed by atoms with Crippen LogP contribution in [0.4, 0.5) is 5.00 Å². The predicted molar refractivity (Wildman–Crippen MR) is 117 cm³/mol. The normalized spacial score (nSPS) is 13.7. The lowest BCUT2D eigenvalue weighted by Gasteiger charge is -2.27. The van der Waals surface area contributed by atoms with Crippen LogP contribution in [0.1, 0.15) is 60.2 Å². The third-order valence-electron chi connectivity index (χ3n) is 5.13. The Morgan fingerprint density at radius 3 is 2.03 bits per heavy atom. The first kappa shape index (κ1) is 23.9. The second-order valence-electron chi connectivity index (χ2n) is 7.45. The second-order valence-corrected chi connectivity index (χ2v) is 8.51. The van der Waals surface area contributed by atoms with E-state index >= 15 is 0 Å². The van der Waals surface area contributed by atoms with Gasteiger partial charge in [-0.05, 0) is 18.1 Å². The van der Waals surface area contributed by atoms with E-state index in [1.807, 2.05) is 0 Å². The molecule has 0 fully saturated rings. The van der Waals surface area contributed by atoms with Crippen LogP contribution in [-0.2, 0) is 25.6 Å². The largest absolute Gasteiger partial charge is 0.465 e. The number of esters is 3. The van der Waals surface area contributed by atoms with Gasteiger partial charge in [0.05, 0.1) is 25.3 Å². The van der Waals surface area contributed by atoms with Crippen molar-refractivity contribution in [2.24, 2.45) is 5.92 Å². The number of methoxy groups -OCH3 is 2. The van der Waals surface area contributed by atoms with Crippen molar-refractivity contribution in [1.29, 1.82) is 0 Å². The van der Waals surface area contributed by atoms with Gasteiger partial charge in [-0.2, -0.15) is 0 Å². The standard InChI is InChI=1S/C22H22N2O8S/c1-10(2)15(24-18(25)11-7-5-6-8-12(11)19(24)26)21(28)32-9-13-14(20(27)30-3)17(23)33-16(13)22(29)31-4/h5-8,10,15H,9,23H2,1-4H3. The fourth-order valence-electron chi connectivity index (χ4n) is 3.57. The van der Waals surface area contributed by atoms with Crippen LogP contribution in [0.2, 0.25) is 0 Å². The molecule has 2 amide bonds. The molecule has 1 unspecified atom stereocenters. The molecular formula is C22H22N2O8S. The number of ether oxygens (including phenoxy) is 3. The number of hydrogen-bond donors (Lipinski definition) is 1. The summed E-state index contributed by atoms with van der Waals surface area (Å²) in [6.45, 7) is 2.81. The molecule has 1 aromatic heterocycles. The fourth-order valence-corrected chi connectivity index (χ4v) is 4.55. The van der Waals surface area contributed by atoms with Gasteiger partial charge in [-0.15, -0.1) is 11.3 Å². The highest BCUT2D eigenvalue weighted by atomic mass is 32.1. The van der Waals surface area contributed by atoms with E-state index in [0.29, 0.717) is 0 Å². The van der Waals surface area contributed by atoms with Crippen LogP contribution in [-0.4, -0.2) is 54.9 Å². The molecule has 2 N–H and O–H groups in total. The summed E-state index contributed by atoms with van der Waals surface area (Å²) in [5, 5.41) is -0.00550. The van der Waals surface area contributed by atoms with E-state index in [4.69, 9.17) is 19.9 Å². The number of benzene rings is 1. The lowest BCUT2D eigenvalue weighted by atomic mass is 10.0. The highest BCUT2D eigenvalue weighted by Crippen LogP contribution is 2.34. The molecule has 10 nitrogen and oxygen atoms in total. The predicted octanol–water partition coefficient (Wildman–Crippen LogP) is 2.27. The number of hydrogen-bond acceptors (Lipinski definition) is 10. The van der Waals surface area contributed by atoms with Crippen LogP contribution < -0.4 is 5.73 Å². The van der Waals surface area contributed by atoms with E-state index in [9.17, 15) is 24.0 Å². The number of thiophene rings is 1. The molecule has 1 atom stereocenters. The molecular weight excluding hydrogens is 452 g/mol. The van der Waals surface area contributed by atoms with Crippen molar-refractivity contribution < 1.29 is 38.2 Å². The van der Waals surface area contributed by atoms with Crippen LogP contribution in [0.5, 0.6) is 0 Å². The van der Waals surface area contributed by atoms with Crippen LogP contribution >= 0.6 is 11.3 Å². The average Bonchev–Trinajstić information content (AvgIpc) is 3.26. The molecule has 0 bridgehead atoms. The van der Waals surface area contributed by atoms with Crippen molar-refractivity contribution in [3.05, 3.63) is 51.4 Å². The van der Waals surface area contributed by atoms with E-state index in [1.165, 1.54) is 12.1 Å². The van der Waals surface area contributed by atoms with Gasteiger partial charge < -0.3 is 19.9 Å². The van der Waals surface area contributed by atoms with Gasteiger partial charge in [0.1, 0.15) is 28.1 Å². The lowest BCUT2D eigenvalue weighted by Crippen LogP contribution is -2.48. The van der Waals surface area contributed by atoms with Crippen molar-refractivity contribution >= 4 is 46.1 Å². The molecule has 0 saturated heterocycles. The summed E-state index contributed by atoms with van der Waals surface area (Å²) in [7, 11) is 2.30. The van der Waals surface area contributed by atoms with E-state index in [-0.39, 0.29) is 32.1 Å². The van der Waals surface area contributed by atoms with Gasteiger partial charge in [-0.1, -0.05) is 26.0 Å². The molecule has 0 spiro atoms. The Kier molecular flexibility index (Phi) is 6.82. The minimum absolute atomic E-state index is 0.00550. The number of rotatable bonds is 7. The van der Waals surface area contributed by atoms with Crippen molar-refractivity contribution in [1.82, 2.24) is 4.90 Å². The minimum Gasteiger partial charge on any atom is -0.465 e. The Balaban J connectivity index is 1.91. The third kappa shape index (κ3) is 4.19.